The molecule has 0 saturated heterocycles. The van der Waals surface area contributed by atoms with Crippen molar-refractivity contribution >= 4 is 12.4 Å². The van der Waals surface area contributed by atoms with Crippen molar-refractivity contribution in [2.24, 2.45) is 11.5 Å². The van der Waals surface area contributed by atoms with Gasteiger partial charge in [-0.25, -0.2) is 0 Å². The average Bonchev–Trinajstić information content (AvgIpc) is 2.47. The second-order valence-corrected chi connectivity index (χ2v) is 2.67. The maximum atomic E-state index is 5.22. The Hall–Kier alpha value is 0.210. The molecule has 2 fully saturated rings. The first-order chi connectivity index (χ1) is 3.79. The fraction of sp³-hybridized carbons (Fsp3) is 1.00. The molecular formula is C6H15ClN2. The molecule has 2 aliphatic carbocycles. The molecule has 0 aromatic carbocycles. The minimum absolute atomic E-state index is 0. The zero-order valence-electron chi connectivity index (χ0n) is 5.55. The Morgan fingerprint density at radius 2 is 0.889 bits per heavy atom. The smallest absolute Gasteiger partial charge is 0.00399 e. The monoisotopic (exact) mass is 150 g/mol. The van der Waals surface area contributed by atoms with Crippen LogP contribution in [0.3, 0.4) is 0 Å². The van der Waals surface area contributed by atoms with Crippen LogP contribution in [0.1, 0.15) is 25.7 Å². The molecule has 0 bridgehead atoms. The van der Waals surface area contributed by atoms with E-state index >= 15 is 0 Å². The fourth-order valence-electron chi connectivity index (χ4n) is 0.192. The highest BCUT2D eigenvalue weighted by molar-refractivity contribution is 5.85. The summed E-state index contributed by atoms with van der Waals surface area (Å²) in [6.07, 6.45) is 5.06. The van der Waals surface area contributed by atoms with Crippen molar-refractivity contribution < 1.29 is 0 Å². The molecule has 0 heterocycles. The minimum Gasteiger partial charge on any atom is -0.328 e. The topological polar surface area (TPSA) is 52.0 Å². The maximum Gasteiger partial charge on any atom is 0.00399 e. The first kappa shape index (κ1) is 9.21. The van der Waals surface area contributed by atoms with Crippen LogP contribution in [0.15, 0.2) is 0 Å². The van der Waals surface area contributed by atoms with Gasteiger partial charge in [0.05, 0.1) is 0 Å². The zero-order chi connectivity index (χ0) is 5.98. The van der Waals surface area contributed by atoms with Crippen LogP contribution in [0, 0.1) is 0 Å². The first-order valence-corrected chi connectivity index (χ1v) is 3.30. The third-order valence-electron chi connectivity index (χ3n) is 1.24. The van der Waals surface area contributed by atoms with Gasteiger partial charge in [0.1, 0.15) is 0 Å². The average molecular weight is 151 g/mol. The van der Waals surface area contributed by atoms with Gasteiger partial charge in [0.2, 0.25) is 0 Å². The van der Waals surface area contributed by atoms with Gasteiger partial charge in [0.25, 0.3) is 0 Å². The summed E-state index contributed by atoms with van der Waals surface area (Å²) in [5.74, 6) is 0. The SMILES string of the molecule is Cl.NC1CC1.NC1CC1. The third kappa shape index (κ3) is 8.21. The molecule has 2 saturated carbocycles. The second kappa shape index (κ2) is 4.09. The number of rotatable bonds is 0. The lowest BCUT2D eigenvalue weighted by Crippen LogP contribution is -1.94. The van der Waals surface area contributed by atoms with Gasteiger partial charge in [-0.1, -0.05) is 0 Å². The molecule has 2 aliphatic rings. The van der Waals surface area contributed by atoms with Crippen molar-refractivity contribution in [2.75, 3.05) is 0 Å². The third-order valence-corrected chi connectivity index (χ3v) is 1.24. The van der Waals surface area contributed by atoms with E-state index in [2.05, 4.69) is 0 Å². The number of hydrogen-bond acceptors (Lipinski definition) is 2. The van der Waals surface area contributed by atoms with Crippen LogP contribution in [-0.2, 0) is 0 Å². The Kier molecular flexibility index (Phi) is 4.19. The van der Waals surface area contributed by atoms with Gasteiger partial charge in [-0.05, 0) is 25.7 Å². The van der Waals surface area contributed by atoms with Gasteiger partial charge in [0.15, 0.2) is 0 Å². The Balaban J connectivity index is 0.000000128. The van der Waals surface area contributed by atoms with E-state index in [0.717, 1.165) is 0 Å². The molecule has 56 valence electrons. The molecule has 0 amide bonds. The van der Waals surface area contributed by atoms with E-state index in [1.807, 2.05) is 0 Å². The van der Waals surface area contributed by atoms with Crippen molar-refractivity contribution in [1.82, 2.24) is 0 Å². The molecule has 0 spiro atoms. The Labute approximate surface area is 62.4 Å². The van der Waals surface area contributed by atoms with Gasteiger partial charge in [-0.2, -0.15) is 0 Å². The van der Waals surface area contributed by atoms with Crippen LogP contribution in [-0.4, -0.2) is 12.1 Å². The molecule has 2 nitrogen and oxygen atoms in total. The largest absolute Gasteiger partial charge is 0.328 e. The quantitative estimate of drug-likeness (QED) is 0.533. The lowest BCUT2D eigenvalue weighted by Gasteiger charge is -1.58. The lowest BCUT2D eigenvalue weighted by atomic mass is 10.8. The van der Waals surface area contributed by atoms with Crippen LogP contribution in [0.5, 0.6) is 0 Å². The van der Waals surface area contributed by atoms with E-state index in [4.69, 9.17) is 11.5 Å². The Bertz CT molecular complexity index is 59.5. The van der Waals surface area contributed by atoms with E-state index in [9.17, 15) is 0 Å². The highest BCUT2D eigenvalue weighted by atomic mass is 35.5. The highest BCUT2D eigenvalue weighted by Crippen LogP contribution is 2.14. The fourth-order valence-corrected chi connectivity index (χ4v) is 0.192. The van der Waals surface area contributed by atoms with E-state index in [-0.39, 0.29) is 12.4 Å². The number of halogens is 1. The van der Waals surface area contributed by atoms with Gasteiger partial charge in [0, 0.05) is 12.1 Å². The summed E-state index contributed by atoms with van der Waals surface area (Å²) in [7, 11) is 0. The summed E-state index contributed by atoms with van der Waals surface area (Å²) in [6.45, 7) is 0. The number of nitrogens with two attached hydrogens (primary N) is 2. The summed E-state index contributed by atoms with van der Waals surface area (Å²) in [6, 6.07) is 1.17. The molecular weight excluding hydrogens is 136 g/mol. The van der Waals surface area contributed by atoms with Gasteiger partial charge in [-0.15, -0.1) is 12.4 Å². The summed E-state index contributed by atoms with van der Waals surface area (Å²) < 4.78 is 0. The summed E-state index contributed by atoms with van der Waals surface area (Å²) in [5.41, 5.74) is 10.4. The molecule has 0 aromatic heterocycles. The highest BCUT2D eigenvalue weighted by Gasteiger charge is 2.13. The lowest BCUT2D eigenvalue weighted by molar-refractivity contribution is 1.07. The van der Waals surface area contributed by atoms with Gasteiger partial charge < -0.3 is 11.5 Å². The molecule has 4 N–H and O–H groups in total. The first-order valence-electron chi connectivity index (χ1n) is 3.30. The molecule has 0 atom stereocenters. The Morgan fingerprint density at radius 1 is 0.778 bits per heavy atom. The van der Waals surface area contributed by atoms with Crippen molar-refractivity contribution in [3.8, 4) is 0 Å². The van der Waals surface area contributed by atoms with Gasteiger partial charge in [-0.3, -0.25) is 0 Å². The molecule has 9 heavy (non-hydrogen) atoms. The van der Waals surface area contributed by atoms with Crippen molar-refractivity contribution in [1.29, 1.82) is 0 Å². The molecule has 0 radical (unpaired) electrons. The molecule has 3 heteroatoms. The van der Waals surface area contributed by atoms with Crippen LogP contribution in [0.4, 0.5) is 0 Å². The maximum absolute atomic E-state index is 5.22. The van der Waals surface area contributed by atoms with E-state index in [0.29, 0.717) is 12.1 Å². The Morgan fingerprint density at radius 3 is 0.889 bits per heavy atom. The minimum atomic E-state index is 0. The normalized spacial score (nSPS) is 23.3. The molecule has 0 unspecified atom stereocenters. The standard InChI is InChI=1S/2C3H7N.ClH/c2*4-3-1-2-3;/h2*3H,1-2,4H2;1H. The second-order valence-electron chi connectivity index (χ2n) is 2.67. The summed E-state index contributed by atoms with van der Waals surface area (Å²) >= 11 is 0. The predicted molar refractivity (Wildman–Crippen MR) is 41.7 cm³/mol. The van der Waals surface area contributed by atoms with E-state index in [1.54, 1.807) is 0 Å². The van der Waals surface area contributed by atoms with Crippen LogP contribution in [0.2, 0.25) is 0 Å². The van der Waals surface area contributed by atoms with Crippen LogP contribution >= 0.6 is 12.4 Å². The summed E-state index contributed by atoms with van der Waals surface area (Å²) in [5, 5.41) is 0. The van der Waals surface area contributed by atoms with Gasteiger partial charge >= 0.3 is 0 Å². The number of hydrogen-bond donors (Lipinski definition) is 2. The summed E-state index contributed by atoms with van der Waals surface area (Å²) in [4.78, 5) is 0. The van der Waals surface area contributed by atoms with Crippen molar-refractivity contribution in [3.63, 3.8) is 0 Å². The van der Waals surface area contributed by atoms with Crippen molar-refractivity contribution in [3.05, 3.63) is 0 Å². The van der Waals surface area contributed by atoms with E-state index in [1.165, 1.54) is 25.7 Å². The van der Waals surface area contributed by atoms with E-state index < -0.39 is 0 Å². The molecule has 0 aromatic rings. The predicted octanol–water partition coefficient (Wildman–Crippen LogP) is 0.637. The molecule has 0 aliphatic heterocycles. The van der Waals surface area contributed by atoms with Crippen LogP contribution < -0.4 is 11.5 Å². The molecule has 2 rings (SSSR count). The zero-order valence-corrected chi connectivity index (χ0v) is 6.36. The van der Waals surface area contributed by atoms with Crippen LogP contribution in [0.25, 0.3) is 0 Å². The van der Waals surface area contributed by atoms with Crippen molar-refractivity contribution in [2.45, 2.75) is 37.8 Å².